The summed E-state index contributed by atoms with van der Waals surface area (Å²) < 4.78 is 7.67. The molecular weight excluding hydrogens is 404 g/mol. The molecule has 0 saturated heterocycles. The smallest absolute Gasteiger partial charge is 0.229 e. The molecule has 8 heteroatoms. The number of hydrogen-bond acceptors (Lipinski definition) is 6. The number of nitrogens with one attached hydrogen (secondary N) is 2. The average molecular weight is 422 g/mol. The standard InChI is InChI=1S/C24H18N6O2/c31-16-27-18-5-4-6-19(13-18)30-15-26-22-14-25-24(29-23(22)30)28-17-9-11-21(12-10-17)32-20-7-2-1-3-8-20/h1-16H,(H,27,31)(H,25,28,29). The van der Waals surface area contributed by atoms with Gasteiger partial charge in [-0.2, -0.15) is 4.98 Å². The maximum absolute atomic E-state index is 10.7. The predicted octanol–water partition coefficient (Wildman–Crippen LogP) is 4.92. The fourth-order valence-electron chi connectivity index (χ4n) is 3.23. The van der Waals surface area contributed by atoms with E-state index >= 15 is 0 Å². The molecule has 2 heterocycles. The molecule has 5 rings (SSSR count). The number of ether oxygens (including phenoxy) is 1. The first-order valence-corrected chi connectivity index (χ1v) is 9.89. The molecule has 2 N–H and O–H groups in total. The molecule has 32 heavy (non-hydrogen) atoms. The van der Waals surface area contributed by atoms with Crippen LogP contribution in [0.2, 0.25) is 0 Å². The lowest BCUT2D eigenvalue weighted by Gasteiger charge is -2.09. The molecule has 156 valence electrons. The number of anilines is 3. The van der Waals surface area contributed by atoms with E-state index in [4.69, 9.17) is 4.74 Å². The van der Waals surface area contributed by atoms with Crippen LogP contribution in [-0.4, -0.2) is 25.9 Å². The second-order valence-corrected chi connectivity index (χ2v) is 6.89. The summed E-state index contributed by atoms with van der Waals surface area (Å²) in [5, 5.41) is 5.86. The van der Waals surface area contributed by atoms with Gasteiger partial charge in [0.1, 0.15) is 23.3 Å². The van der Waals surface area contributed by atoms with Crippen molar-refractivity contribution >= 4 is 34.9 Å². The molecule has 0 aliphatic heterocycles. The van der Waals surface area contributed by atoms with Gasteiger partial charge in [-0.15, -0.1) is 0 Å². The number of hydrogen-bond donors (Lipinski definition) is 2. The Balaban J connectivity index is 1.38. The summed E-state index contributed by atoms with van der Waals surface area (Å²) in [4.78, 5) is 24.1. The average Bonchev–Trinajstić information content (AvgIpc) is 3.25. The Labute approximate surface area is 183 Å². The zero-order valence-electron chi connectivity index (χ0n) is 16.8. The van der Waals surface area contributed by atoms with Crippen LogP contribution in [0.25, 0.3) is 16.9 Å². The molecule has 5 aromatic rings. The monoisotopic (exact) mass is 422 g/mol. The van der Waals surface area contributed by atoms with Crippen LogP contribution in [0.5, 0.6) is 11.5 Å². The van der Waals surface area contributed by atoms with Gasteiger partial charge in [0.25, 0.3) is 0 Å². The Morgan fingerprint density at radius 3 is 2.47 bits per heavy atom. The number of benzene rings is 3. The van der Waals surface area contributed by atoms with Crippen LogP contribution >= 0.6 is 0 Å². The van der Waals surface area contributed by atoms with Crippen molar-refractivity contribution < 1.29 is 9.53 Å². The fraction of sp³-hybridized carbons (Fsp3) is 0. The number of rotatable bonds is 7. The summed E-state index contributed by atoms with van der Waals surface area (Å²) in [6, 6.07) is 24.6. The Kier molecular flexibility index (Phi) is 5.15. The Hall–Kier alpha value is -4.72. The summed E-state index contributed by atoms with van der Waals surface area (Å²) in [5.74, 6) is 1.96. The number of carbonyl (C=O) groups is 1. The molecule has 0 spiro atoms. The molecule has 8 nitrogen and oxygen atoms in total. The zero-order chi connectivity index (χ0) is 21.8. The minimum atomic E-state index is 0.443. The van der Waals surface area contributed by atoms with Crippen LogP contribution in [0.15, 0.2) is 91.4 Å². The number of amides is 1. The molecule has 0 saturated carbocycles. The summed E-state index contributed by atoms with van der Waals surface area (Å²) in [6.45, 7) is 0. The van der Waals surface area contributed by atoms with E-state index in [1.54, 1.807) is 12.5 Å². The van der Waals surface area contributed by atoms with Crippen molar-refractivity contribution in [2.45, 2.75) is 0 Å². The van der Waals surface area contributed by atoms with E-state index in [2.05, 4.69) is 25.6 Å². The lowest BCUT2D eigenvalue weighted by Crippen LogP contribution is -2.01. The minimum Gasteiger partial charge on any atom is -0.457 e. The van der Waals surface area contributed by atoms with Crippen molar-refractivity contribution in [2.24, 2.45) is 0 Å². The molecule has 0 aliphatic rings. The summed E-state index contributed by atoms with van der Waals surface area (Å²) in [7, 11) is 0. The highest BCUT2D eigenvalue weighted by Crippen LogP contribution is 2.25. The van der Waals surface area contributed by atoms with Crippen LogP contribution in [0.4, 0.5) is 17.3 Å². The van der Waals surface area contributed by atoms with E-state index in [0.29, 0.717) is 29.2 Å². The van der Waals surface area contributed by atoms with Crippen LogP contribution in [-0.2, 0) is 4.79 Å². The summed E-state index contributed by atoms with van der Waals surface area (Å²) in [6.07, 6.45) is 3.99. The van der Waals surface area contributed by atoms with Crippen LogP contribution in [0, 0.1) is 0 Å². The second kappa shape index (κ2) is 8.57. The molecule has 0 radical (unpaired) electrons. The lowest BCUT2D eigenvalue weighted by atomic mass is 10.2. The third kappa shape index (κ3) is 4.10. The normalized spacial score (nSPS) is 10.6. The van der Waals surface area contributed by atoms with Gasteiger partial charge in [0.2, 0.25) is 12.4 Å². The van der Waals surface area contributed by atoms with Gasteiger partial charge < -0.3 is 15.4 Å². The highest BCUT2D eigenvalue weighted by molar-refractivity contribution is 5.76. The molecule has 0 fully saturated rings. The molecule has 0 aliphatic carbocycles. The van der Waals surface area contributed by atoms with Gasteiger partial charge in [0.15, 0.2) is 5.65 Å². The van der Waals surface area contributed by atoms with Gasteiger partial charge in [-0.1, -0.05) is 24.3 Å². The highest BCUT2D eigenvalue weighted by atomic mass is 16.5. The number of imidazole rings is 1. The van der Waals surface area contributed by atoms with Gasteiger partial charge in [-0.3, -0.25) is 9.36 Å². The second-order valence-electron chi connectivity index (χ2n) is 6.89. The largest absolute Gasteiger partial charge is 0.457 e. The molecule has 0 bridgehead atoms. The van der Waals surface area contributed by atoms with Crippen molar-refractivity contribution in [3.63, 3.8) is 0 Å². The molecule has 0 unspecified atom stereocenters. The first-order valence-electron chi connectivity index (χ1n) is 9.89. The number of nitrogens with zero attached hydrogens (tertiary/aromatic N) is 4. The highest BCUT2D eigenvalue weighted by Gasteiger charge is 2.09. The molecule has 2 aromatic heterocycles. The van der Waals surface area contributed by atoms with Crippen LogP contribution in [0.1, 0.15) is 0 Å². The maximum Gasteiger partial charge on any atom is 0.229 e. The van der Waals surface area contributed by atoms with Crippen molar-refractivity contribution in [3.8, 4) is 17.2 Å². The van der Waals surface area contributed by atoms with Crippen molar-refractivity contribution in [1.29, 1.82) is 0 Å². The van der Waals surface area contributed by atoms with Gasteiger partial charge in [0, 0.05) is 11.4 Å². The van der Waals surface area contributed by atoms with Gasteiger partial charge in [-0.25, -0.2) is 9.97 Å². The maximum atomic E-state index is 10.7. The quantitative estimate of drug-likeness (QED) is 0.362. The fourth-order valence-corrected chi connectivity index (χ4v) is 3.23. The molecule has 1 amide bonds. The zero-order valence-corrected chi connectivity index (χ0v) is 16.8. The molecular formula is C24H18N6O2. The summed E-state index contributed by atoms with van der Waals surface area (Å²) >= 11 is 0. The van der Waals surface area contributed by atoms with Gasteiger partial charge >= 0.3 is 0 Å². The molecule has 0 atom stereocenters. The Bertz CT molecular complexity index is 1370. The van der Waals surface area contributed by atoms with E-state index in [1.807, 2.05) is 83.4 Å². The van der Waals surface area contributed by atoms with E-state index < -0.39 is 0 Å². The number of fused-ring (bicyclic) bond motifs is 1. The minimum absolute atomic E-state index is 0.443. The lowest BCUT2D eigenvalue weighted by molar-refractivity contribution is -0.105. The number of aromatic nitrogens is 4. The number of para-hydroxylation sites is 1. The Morgan fingerprint density at radius 2 is 1.66 bits per heavy atom. The van der Waals surface area contributed by atoms with Crippen molar-refractivity contribution in [2.75, 3.05) is 10.6 Å². The van der Waals surface area contributed by atoms with Gasteiger partial charge in [0.05, 0.1) is 11.9 Å². The van der Waals surface area contributed by atoms with E-state index in [9.17, 15) is 4.79 Å². The van der Waals surface area contributed by atoms with Gasteiger partial charge in [-0.05, 0) is 54.6 Å². The van der Waals surface area contributed by atoms with Crippen LogP contribution in [0.3, 0.4) is 0 Å². The third-order valence-electron chi connectivity index (χ3n) is 4.73. The summed E-state index contributed by atoms with van der Waals surface area (Å²) in [5.41, 5.74) is 3.65. The topological polar surface area (TPSA) is 94.0 Å². The van der Waals surface area contributed by atoms with E-state index in [-0.39, 0.29) is 0 Å². The SMILES string of the molecule is O=CNc1cccc(-n2cnc3cnc(Nc4ccc(Oc5ccccc5)cc4)nc32)c1. The third-order valence-corrected chi connectivity index (χ3v) is 4.73. The first-order chi connectivity index (χ1) is 15.8. The first kappa shape index (κ1) is 19.3. The predicted molar refractivity (Wildman–Crippen MR) is 123 cm³/mol. The van der Waals surface area contributed by atoms with Crippen molar-refractivity contribution in [3.05, 3.63) is 91.4 Å². The van der Waals surface area contributed by atoms with Crippen molar-refractivity contribution in [1.82, 2.24) is 19.5 Å². The van der Waals surface area contributed by atoms with Crippen LogP contribution < -0.4 is 15.4 Å². The number of carbonyl (C=O) groups excluding carboxylic acids is 1. The van der Waals surface area contributed by atoms with E-state index in [0.717, 1.165) is 22.9 Å². The molecule has 3 aromatic carbocycles. The Morgan fingerprint density at radius 1 is 0.844 bits per heavy atom. The van der Waals surface area contributed by atoms with E-state index in [1.165, 1.54) is 0 Å².